The van der Waals surface area contributed by atoms with Crippen molar-refractivity contribution in [3.63, 3.8) is 0 Å². The summed E-state index contributed by atoms with van der Waals surface area (Å²) in [4.78, 5) is 3.14. The molecule has 3 aliphatic heterocycles. The number of aliphatic hydroxyl groups excluding tert-OH is 1. The maximum Gasteiger partial charge on any atom is 0.0719 e. The van der Waals surface area contributed by atoms with Gasteiger partial charge in [-0.25, -0.2) is 0 Å². The third-order valence-electron chi connectivity index (χ3n) is 15.6. The van der Waals surface area contributed by atoms with Crippen molar-refractivity contribution in [3.05, 3.63) is 47.1 Å². The Bertz CT molecular complexity index is 1230. The number of hydrogen-bond donors (Lipinski definition) is 1. The summed E-state index contributed by atoms with van der Waals surface area (Å²) in [6.45, 7) is 9.67. The van der Waals surface area contributed by atoms with Gasteiger partial charge in [-0.3, -0.25) is 4.90 Å². The van der Waals surface area contributed by atoms with E-state index in [-0.39, 0.29) is 11.0 Å². The molecule has 10 aliphatic rings. The molecule has 9 atom stereocenters. The van der Waals surface area contributed by atoms with Gasteiger partial charge in [0.2, 0.25) is 0 Å². The Balaban J connectivity index is 1.34. The fraction of sp³-hybridized carbons (Fsp3) is 0.771. The lowest BCUT2D eigenvalue weighted by Gasteiger charge is -2.73. The average molecular weight is 498 g/mol. The van der Waals surface area contributed by atoms with Crippen LogP contribution in [0.3, 0.4) is 0 Å². The summed E-state index contributed by atoms with van der Waals surface area (Å²) in [5.41, 5.74) is 7.56. The van der Waals surface area contributed by atoms with E-state index in [1.165, 1.54) is 83.6 Å². The molecule has 198 valence electrons. The van der Waals surface area contributed by atoms with Crippen LogP contribution in [0, 0.1) is 38.9 Å². The lowest BCUT2D eigenvalue weighted by molar-refractivity contribution is -0.217. The molecule has 0 aromatic heterocycles. The molecule has 1 N–H and O–H groups in total. The summed E-state index contributed by atoms with van der Waals surface area (Å²) in [5, 5.41) is 9.69. The van der Waals surface area contributed by atoms with Gasteiger partial charge in [0.05, 0.1) is 5.54 Å². The minimum Gasteiger partial charge on any atom is -0.396 e. The number of aliphatic hydroxyl groups is 1. The maximum absolute atomic E-state index is 9.69. The largest absolute Gasteiger partial charge is 0.396 e. The van der Waals surface area contributed by atoms with E-state index in [9.17, 15) is 5.11 Å². The molecular weight excluding hydrogens is 450 g/mol. The normalized spacial score (nSPS) is 56.6. The summed E-state index contributed by atoms with van der Waals surface area (Å²) in [6, 6.07) is 0. The molecule has 5 spiro atoms. The van der Waals surface area contributed by atoms with Crippen molar-refractivity contribution >= 4 is 0 Å². The molecule has 0 aromatic rings. The maximum atomic E-state index is 9.69. The molecule has 1 saturated heterocycles. The number of hydrogen-bond acceptors (Lipinski definition) is 2. The number of rotatable bonds is 3. The van der Waals surface area contributed by atoms with Gasteiger partial charge in [0, 0.05) is 34.9 Å². The minimum atomic E-state index is 0.0808. The van der Waals surface area contributed by atoms with Crippen molar-refractivity contribution in [2.45, 2.75) is 115 Å². The molecule has 37 heavy (non-hydrogen) atoms. The molecule has 0 radical (unpaired) electrons. The van der Waals surface area contributed by atoms with Crippen LogP contribution in [0.2, 0.25) is 0 Å². The summed E-state index contributed by atoms with van der Waals surface area (Å²) in [7, 11) is 0. The van der Waals surface area contributed by atoms with Crippen molar-refractivity contribution < 1.29 is 5.11 Å². The molecule has 7 aliphatic carbocycles. The summed E-state index contributed by atoms with van der Waals surface area (Å²) in [5.74, 6) is 1.50. The van der Waals surface area contributed by atoms with Crippen LogP contribution in [-0.4, -0.2) is 34.2 Å². The highest BCUT2D eigenvalue weighted by molar-refractivity contribution is 5.62. The predicted octanol–water partition coefficient (Wildman–Crippen LogP) is 7.51. The highest BCUT2D eigenvalue weighted by Gasteiger charge is 2.89. The number of nitrogens with zero attached hydrogens (tertiary/aromatic N) is 1. The molecule has 3 heterocycles. The van der Waals surface area contributed by atoms with Crippen LogP contribution in [0.5, 0.6) is 0 Å². The molecule has 5 fully saturated rings. The van der Waals surface area contributed by atoms with Crippen LogP contribution in [-0.2, 0) is 0 Å². The first-order valence-corrected chi connectivity index (χ1v) is 16.0. The molecule has 2 nitrogen and oxygen atoms in total. The topological polar surface area (TPSA) is 23.2 Å². The van der Waals surface area contributed by atoms with Crippen LogP contribution in [0.25, 0.3) is 0 Å². The van der Waals surface area contributed by atoms with E-state index in [1.54, 1.807) is 11.1 Å². The van der Waals surface area contributed by atoms with Crippen molar-refractivity contribution in [3.8, 4) is 0 Å². The van der Waals surface area contributed by atoms with E-state index < -0.39 is 0 Å². The van der Waals surface area contributed by atoms with Crippen molar-refractivity contribution in [1.29, 1.82) is 0 Å². The third-order valence-corrected chi connectivity index (χ3v) is 15.6. The summed E-state index contributed by atoms with van der Waals surface area (Å²) >= 11 is 0. The second-order valence-electron chi connectivity index (χ2n) is 15.7. The van der Waals surface area contributed by atoms with Gasteiger partial charge in [-0.15, -0.1) is 0 Å². The van der Waals surface area contributed by atoms with Crippen LogP contribution in [0.4, 0.5) is 0 Å². The number of allylic oxidation sites excluding steroid dienone is 3. The Labute approximate surface area is 224 Å². The van der Waals surface area contributed by atoms with Crippen LogP contribution < -0.4 is 0 Å². The average Bonchev–Trinajstić information content (AvgIpc) is 3.14. The van der Waals surface area contributed by atoms with Gasteiger partial charge >= 0.3 is 0 Å². The van der Waals surface area contributed by atoms with E-state index in [2.05, 4.69) is 56.1 Å². The van der Waals surface area contributed by atoms with E-state index in [0.29, 0.717) is 39.7 Å². The van der Waals surface area contributed by atoms with E-state index >= 15 is 0 Å². The summed E-state index contributed by atoms with van der Waals surface area (Å²) in [6.07, 6.45) is 31.3. The van der Waals surface area contributed by atoms with Gasteiger partial charge in [-0.05, 0) is 106 Å². The molecule has 0 aromatic carbocycles. The Morgan fingerprint density at radius 2 is 1.92 bits per heavy atom. The van der Waals surface area contributed by atoms with Crippen molar-refractivity contribution in [1.82, 2.24) is 4.90 Å². The van der Waals surface area contributed by atoms with Gasteiger partial charge in [-0.1, -0.05) is 68.2 Å². The van der Waals surface area contributed by atoms with Crippen molar-refractivity contribution in [2.75, 3.05) is 13.2 Å². The van der Waals surface area contributed by atoms with E-state index in [0.717, 1.165) is 12.3 Å². The minimum absolute atomic E-state index is 0.0808. The lowest BCUT2D eigenvalue weighted by atomic mass is 9.32. The van der Waals surface area contributed by atoms with E-state index in [1.807, 2.05) is 5.57 Å². The van der Waals surface area contributed by atoms with Crippen molar-refractivity contribution in [2.24, 2.45) is 38.9 Å². The zero-order chi connectivity index (χ0) is 25.1. The molecule has 2 heteroatoms. The van der Waals surface area contributed by atoms with Gasteiger partial charge in [0.15, 0.2) is 0 Å². The molecule has 10 rings (SSSR count). The standard InChI is InChI=1S/C35H47NO/c1-24-8-17-33-25(2)21-30(12-4-5-13-30)35(22-28(24)33)29(33,3)14-9-27-10-15-31-18-19-34(27,35)36-23-32(31,36)16-11-26(31)7-6-20-37/h9-10,15,18-19,25-26,37H,4-8,11-14,16-17,20-23H2,1-3H3/t25-,26-,29-,31+,32-,33-,34+,35-,36?/m1/s1. The zero-order valence-electron chi connectivity index (χ0n) is 23.5. The Hall–Kier alpha value is -1.12. The highest BCUT2D eigenvalue weighted by Crippen LogP contribution is 2.91. The van der Waals surface area contributed by atoms with Gasteiger partial charge in [0.25, 0.3) is 0 Å². The van der Waals surface area contributed by atoms with Crippen LogP contribution in [0.15, 0.2) is 47.1 Å². The Morgan fingerprint density at radius 1 is 1.08 bits per heavy atom. The molecule has 1 unspecified atom stereocenters. The first kappa shape index (κ1) is 22.7. The SMILES string of the molecule is CC1=C2C[C@]34C5(CCCC5)C[C@@H](C)[C@@]2(CC1)[C@@]3(C)CC=C1C=C[C@@]23C=C[C@]14N1C[C@@]12CC[C@H]3CCCO. The Morgan fingerprint density at radius 3 is 2.73 bits per heavy atom. The van der Waals surface area contributed by atoms with E-state index in [4.69, 9.17) is 0 Å². The van der Waals surface area contributed by atoms with Gasteiger partial charge in [0.1, 0.15) is 0 Å². The quantitative estimate of drug-likeness (QED) is 0.322. The third kappa shape index (κ3) is 1.90. The zero-order valence-corrected chi connectivity index (χ0v) is 23.5. The Kier molecular flexibility index (Phi) is 3.94. The smallest absolute Gasteiger partial charge is 0.0719 e. The second kappa shape index (κ2) is 6.43. The fourth-order valence-corrected chi connectivity index (χ4v) is 14.6. The monoisotopic (exact) mass is 497 g/mol. The predicted molar refractivity (Wildman–Crippen MR) is 149 cm³/mol. The molecule has 4 saturated carbocycles. The van der Waals surface area contributed by atoms with Gasteiger partial charge in [-0.2, -0.15) is 0 Å². The first-order chi connectivity index (χ1) is 17.8. The first-order valence-electron chi connectivity index (χ1n) is 16.0. The lowest BCUT2D eigenvalue weighted by Crippen LogP contribution is -2.73. The molecule has 0 amide bonds. The summed E-state index contributed by atoms with van der Waals surface area (Å²) < 4.78 is 0. The van der Waals surface area contributed by atoms with Crippen LogP contribution >= 0.6 is 0 Å². The molecule has 4 bridgehead atoms. The second-order valence-corrected chi connectivity index (χ2v) is 15.7. The van der Waals surface area contributed by atoms with Gasteiger partial charge < -0.3 is 5.11 Å². The highest BCUT2D eigenvalue weighted by atomic mass is 16.2. The molecular formula is C35H47NO. The fourth-order valence-electron chi connectivity index (χ4n) is 14.6. The van der Waals surface area contributed by atoms with Crippen LogP contribution in [0.1, 0.15) is 104 Å².